The normalized spacial score (nSPS) is 15.1. The lowest BCUT2D eigenvalue weighted by atomic mass is 10.1. The zero-order valence-electron chi connectivity index (χ0n) is 12.5. The van der Waals surface area contributed by atoms with Crippen LogP contribution in [0.15, 0.2) is 58.8 Å². The summed E-state index contributed by atoms with van der Waals surface area (Å²) in [6.45, 7) is 0.272. The van der Waals surface area contributed by atoms with Crippen molar-refractivity contribution >= 4 is 17.5 Å². The van der Waals surface area contributed by atoms with E-state index in [2.05, 4.69) is 10.2 Å². The smallest absolute Gasteiger partial charge is 0.231 e. The highest BCUT2D eigenvalue weighted by molar-refractivity contribution is 7.99. The zero-order valence-corrected chi connectivity index (χ0v) is 13.4. The fourth-order valence-corrected chi connectivity index (χ4v) is 3.55. The summed E-state index contributed by atoms with van der Waals surface area (Å²) >= 11 is 1.63. The fraction of sp³-hybridized carbons (Fsp3) is 0.118. The molecule has 0 saturated carbocycles. The van der Waals surface area contributed by atoms with Gasteiger partial charge >= 0.3 is 0 Å². The summed E-state index contributed by atoms with van der Waals surface area (Å²) in [6.07, 6.45) is 0. The van der Waals surface area contributed by atoms with Gasteiger partial charge in [0.25, 0.3) is 0 Å². The molecule has 0 atom stereocenters. The van der Waals surface area contributed by atoms with Crippen molar-refractivity contribution in [1.82, 2.24) is 14.9 Å². The summed E-state index contributed by atoms with van der Waals surface area (Å²) < 4.78 is 12.6. The van der Waals surface area contributed by atoms with E-state index in [0.717, 1.165) is 45.1 Å². The maximum absolute atomic E-state index is 5.46. The summed E-state index contributed by atoms with van der Waals surface area (Å²) in [7, 11) is 0. The van der Waals surface area contributed by atoms with Crippen LogP contribution in [0.2, 0.25) is 0 Å². The lowest BCUT2D eigenvalue weighted by molar-refractivity contribution is 0.174. The Morgan fingerprint density at radius 1 is 0.917 bits per heavy atom. The SMILES string of the molecule is c1ccc(-c2nnc3n2N=C(c2ccc4c(c2)OCO4)CS3)cc1. The molecule has 7 heteroatoms. The van der Waals surface area contributed by atoms with Crippen LogP contribution in [0.1, 0.15) is 5.56 Å². The topological polar surface area (TPSA) is 61.5 Å². The number of fused-ring (bicyclic) bond motifs is 2. The Morgan fingerprint density at radius 2 is 1.79 bits per heavy atom. The second-order valence-corrected chi connectivity index (χ2v) is 6.33. The third-order valence-electron chi connectivity index (χ3n) is 3.91. The Morgan fingerprint density at radius 3 is 2.71 bits per heavy atom. The van der Waals surface area contributed by atoms with Gasteiger partial charge in [-0.05, 0) is 18.2 Å². The second kappa shape index (κ2) is 5.38. The van der Waals surface area contributed by atoms with E-state index in [1.165, 1.54) is 0 Å². The van der Waals surface area contributed by atoms with Crippen molar-refractivity contribution < 1.29 is 9.47 Å². The van der Waals surface area contributed by atoms with Gasteiger partial charge in [0.2, 0.25) is 11.9 Å². The third-order valence-corrected chi connectivity index (χ3v) is 4.84. The molecular formula is C17H12N4O2S. The van der Waals surface area contributed by atoms with Crippen LogP contribution in [-0.4, -0.2) is 33.1 Å². The number of hydrogen-bond donors (Lipinski definition) is 0. The van der Waals surface area contributed by atoms with Crippen molar-refractivity contribution in [2.24, 2.45) is 5.10 Å². The van der Waals surface area contributed by atoms with Crippen molar-refractivity contribution in [1.29, 1.82) is 0 Å². The van der Waals surface area contributed by atoms with Gasteiger partial charge in [0.05, 0.1) is 5.71 Å². The average molecular weight is 336 g/mol. The van der Waals surface area contributed by atoms with Crippen molar-refractivity contribution in [3.63, 3.8) is 0 Å². The van der Waals surface area contributed by atoms with Crippen LogP contribution in [0.4, 0.5) is 0 Å². The van der Waals surface area contributed by atoms with Gasteiger partial charge in [0.15, 0.2) is 17.3 Å². The number of thioether (sulfide) groups is 1. The summed E-state index contributed by atoms with van der Waals surface area (Å²) in [4.78, 5) is 0. The molecule has 0 saturated heterocycles. The standard InChI is InChI=1S/C17H12N4O2S/c1-2-4-11(5-3-1)16-18-19-17-21(16)20-13(9-24-17)12-6-7-14-15(8-12)23-10-22-14/h1-8H,9-10H2. The lowest BCUT2D eigenvalue weighted by Crippen LogP contribution is -2.13. The fourth-order valence-electron chi connectivity index (χ4n) is 2.71. The molecule has 24 heavy (non-hydrogen) atoms. The average Bonchev–Trinajstić information content (AvgIpc) is 3.28. The van der Waals surface area contributed by atoms with E-state index in [1.54, 1.807) is 11.8 Å². The second-order valence-electron chi connectivity index (χ2n) is 5.39. The first-order valence-corrected chi connectivity index (χ1v) is 8.48. The lowest BCUT2D eigenvalue weighted by Gasteiger charge is -2.14. The monoisotopic (exact) mass is 336 g/mol. The maximum Gasteiger partial charge on any atom is 0.231 e. The molecule has 118 valence electrons. The van der Waals surface area contributed by atoms with E-state index in [4.69, 9.17) is 14.6 Å². The number of nitrogens with zero attached hydrogens (tertiary/aromatic N) is 4. The summed E-state index contributed by atoms with van der Waals surface area (Å²) in [5.41, 5.74) is 2.97. The Balaban J connectivity index is 1.58. The van der Waals surface area contributed by atoms with E-state index in [0.29, 0.717) is 0 Å². The molecule has 0 aliphatic carbocycles. The minimum atomic E-state index is 0.272. The molecule has 0 fully saturated rings. The number of ether oxygens (including phenoxy) is 2. The number of aromatic nitrogens is 3. The molecule has 1 aromatic heterocycles. The Hall–Kier alpha value is -2.80. The molecule has 3 heterocycles. The zero-order chi connectivity index (χ0) is 15.9. The van der Waals surface area contributed by atoms with E-state index in [9.17, 15) is 0 Å². The third kappa shape index (κ3) is 2.16. The van der Waals surface area contributed by atoms with Gasteiger partial charge in [-0.15, -0.1) is 10.2 Å². The molecule has 0 amide bonds. The van der Waals surface area contributed by atoms with E-state index in [-0.39, 0.29) is 6.79 Å². The van der Waals surface area contributed by atoms with Gasteiger partial charge in [-0.25, -0.2) is 0 Å². The minimum Gasteiger partial charge on any atom is -0.454 e. The predicted molar refractivity (Wildman–Crippen MR) is 90.7 cm³/mol. The van der Waals surface area contributed by atoms with Crippen molar-refractivity contribution in [3.8, 4) is 22.9 Å². The molecule has 6 nitrogen and oxygen atoms in total. The number of hydrogen-bond acceptors (Lipinski definition) is 6. The molecule has 2 aromatic carbocycles. The van der Waals surface area contributed by atoms with Crippen LogP contribution < -0.4 is 9.47 Å². The Kier molecular flexibility index (Phi) is 3.05. The van der Waals surface area contributed by atoms with E-state index in [1.807, 2.05) is 53.2 Å². The molecule has 2 aliphatic heterocycles. The summed E-state index contributed by atoms with van der Waals surface area (Å²) in [6, 6.07) is 15.9. The Labute approximate surface area is 142 Å². The van der Waals surface area contributed by atoms with Gasteiger partial charge in [0, 0.05) is 16.9 Å². The number of rotatable bonds is 2. The predicted octanol–water partition coefficient (Wildman–Crippen LogP) is 3.03. The minimum absolute atomic E-state index is 0.272. The highest BCUT2D eigenvalue weighted by Gasteiger charge is 2.22. The molecule has 0 radical (unpaired) electrons. The molecule has 0 unspecified atom stereocenters. The van der Waals surface area contributed by atoms with Gasteiger partial charge in [-0.3, -0.25) is 0 Å². The van der Waals surface area contributed by atoms with E-state index < -0.39 is 0 Å². The van der Waals surface area contributed by atoms with Gasteiger partial charge in [-0.2, -0.15) is 9.78 Å². The van der Waals surface area contributed by atoms with E-state index >= 15 is 0 Å². The molecule has 2 aliphatic rings. The molecule has 0 bridgehead atoms. The summed E-state index contributed by atoms with van der Waals surface area (Å²) in [5.74, 6) is 3.03. The first-order chi connectivity index (χ1) is 11.9. The molecule has 0 spiro atoms. The van der Waals surface area contributed by atoms with Crippen LogP contribution in [-0.2, 0) is 0 Å². The molecule has 5 rings (SSSR count). The highest BCUT2D eigenvalue weighted by atomic mass is 32.2. The maximum atomic E-state index is 5.46. The highest BCUT2D eigenvalue weighted by Crippen LogP contribution is 2.34. The molecule has 3 aromatic rings. The van der Waals surface area contributed by atoms with Crippen LogP contribution in [0, 0.1) is 0 Å². The molecular weight excluding hydrogens is 324 g/mol. The van der Waals surface area contributed by atoms with Crippen LogP contribution in [0.5, 0.6) is 11.5 Å². The summed E-state index contributed by atoms with van der Waals surface area (Å²) in [5, 5.41) is 14.1. The van der Waals surface area contributed by atoms with Crippen LogP contribution >= 0.6 is 11.8 Å². The largest absolute Gasteiger partial charge is 0.454 e. The Bertz CT molecular complexity index is 952. The van der Waals surface area contributed by atoms with Crippen LogP contribution in [0.25, 0.3) is 11.4 Å². The van der Waals surface area contributed by atoms with Gasteiger partial charge < -0.3 is 9.47 Å². The van der Waals surface area contributed by atoms with Crippen LogP contribution in [0.3, 0.4) is 0 Å². The van der Waals surface area contributed by atoms with Gasteiger partial charge in [-0.1, -0.05) is 42.1 Å². The number of benzene rings is 2. The first-order valence-electron chi connectivity index (χ1n) is 7.50. The first kappa shape index (κ1) is 13.6. The van der Waals surface area contributed by atoms with Crippen molar-refractivity contribution in [2.75, 3.05) is 12.5 Å². The quantitative estimate of drug-likeness (QED) is 0.720. The van der Waals surface area contributed by atoms with Gasteiger partial charge in [0.1, 0.15) is 0 Å². The molecule has 0 N–H and O–H groups in total. The van der Waals surface area contributed by atoms with Crippen molar-refractivity contribution in [3.05, 3.63) is 54.1 Å². The van der Waals surface area contributed by atoms with Crippen molar-refractivity contribution in [2.45, 2.75) is 5.16 Å².